The quantitative estimate of drug-likeness (QED) is 0.715. The Morgan fingerprint density at radius 2 is 1.84 bits per heavy atom. The predicted molar refractivity (Wildman–Crippen MR) is 111 cm³/mol. The molecule has 1 aromatic carbocycles. The number of hydrogen-bond acceptors (Lipinski definition) is 4. The first-order chi connectivity index (χ1) is 11.2. The van der Waals surface area contributed by atoms with Gasteiger partial charge in [0, 0.05) is 64.1 Å². The standard InChI is InChI=1S/C18H30N4O.2ClH/c1-3-4-12-21(2)17-7-5-16(6-8-17)18(23)20-11-15-22-13-9-19-10-14-22;;/h5-8,19H,3-4,9-15H2,1-2H3,(H,20,23);2*1H. The summed E-state index contributed by atoms with van der Waals surface area (Å²) < 4.78 is 0. The van der Waals surface area contributed by atoms with Crippen LogP contribution in [-0.2, 0) is 0 Å². The zero-order valence-electron chi connectivity index (χ0n) is 15.3. The monoisotopic (exact) mass is 390 g/mol. The van der Waals surface area contributed by atoms with Crippen LogP contribution in [0.1, 0.15) is 30.1 Å². The number of nitrogens with zero attached hydrogens (tertiary/aromatic N) is 2. The molecule has 5 nitrogen and oxygen atoms in total. The minimum absolute atomic E-state index is 0. The van der Waals surface area contributed by atoms with Crippen molar-refractivity contribution < 1.29 is 4.79 Å². The molecule has 0 aliphatic carbocycles. The molecule has 1 amide bonds. The molecular formula is C18H32Cl2N4O. The van der Waals surface area contributed by atoms with E-state index in [0.717, 1.165) is 50.5 Å². The number of amides is 1. The number of benzene rings is 1. The third kappa shape index (κ3) is 8.27. The van der Waals surface area contributed by atoms with Crippen molar-refractivity contribution in [1.29, 1.82) is 0 Å². The Bertz CT molecular complexity index is 478. The molecule has 0 aromatic heterocycles. The van der Waals surface area contributed by atoms with Gasteiger partial charge in [-0.15, -0.1) is 24.8 Å². The minimum Gasteiger partial charge on any atom is -0.375 e. The second-order valence-electron chi connectivity index (χ2n) is 6.17. The summed E-state index contributed by atoms with van der Waals surface area (Å²) in [6.45, 7) is 9.09. The topological polar surface area (TPSA) is 47.6 Å². The van der Waals surface area contributed by atoms with Crippen LogP contribution in [0.5, 0.6) is 0 Å². The maximum Gasteiger partial charge on any atom is 0.251 e. The third-order valence-corrected chi connectivity index (χ3v) is 4.34. The molecule has 2 N–H and O–H groups in total. The van der Waals surface area contributed by atoms with E-state index < -0.39 is 0 Å². The van der Waals surface area contributed by atoms with E-state index in [-0.39, 0.29) is 30.7 Å². The molecule has 0 radical (unpaired) electrons. The van der Waals surface area contributed by atoms with Crippen molar-refractivity contribution >= 4 is 36.4 Å². The molecule has 0 saturated carbocycles. The lowest BCUT2D eigenvalue weighted by molar-refractivity contribution is 0.0947. The molecule has 1 aromatic rings. The molecule has 0 bridgehead atoms. The van der Waals surface area contributed by atoms with E-state index in [1.54, 1.807) is 0 Å². The van der Waals surface area contributed by atoms with Crippen molar-refractivity contribution in [2.75, 3.05) is 57.8 Å². The number of piperazine rings is 1. The van der Waals surface area contributed by atoms with Crippen molar-refractivity contribution in [3.05, 3.63) is 29.8 Å². The molecule has 0 atom stereocenters. The number of anilines is 1. The van der Waals surface area contributed by atoms with Gasteiger partial charge in [0.1, 0.15) is 0 Å². The molecule has 2 rings (SSSR count). The van der Waals surface area contributed by atoms with Gasteiger partial charge in [-0.3, -0.25) is 9.69 Å². The third-order valence-electron chi connectivity index (χ3n) is 4.34. The van der Waals surface area contributed by atoms with E-state index in [4.69, 9.17) is 0 Å². The minimum atomic E-state index is 0. The van der Waals surface area contributed by atoms with Crippen LogP contribution in [0, 0.1) is 0 Å². The molecule has 1 heterocycles. The van der Waals surface area contributed by atoms with Gasteiger partial charge in [0.05, 0.1) is 0 Å². The summed E-state index contributed by atoms with van der Waals surface area (Å²) in [4.78, 5) is 16.8. The Morgan fingerprint density at radius 1 is 1.20 bits per heavy atom. The van der Waals surface area contributed by atoms with Crippen LogP contribution in [-0.4, -0.2) is 63.7 Å². The fraction of sp³-hybridized carbons (Fsp3) is 0.611. The van der Waals surface area contributed by atoms with Gasteiger partial charge in [-0.05, 0) is 30.7 Å². The first kappa shape index (κ1) is 24.0. The zero-order chi connectivity index (χ0) is 16.5. The number of rotatable bonds is 8. The first-order valence-electron chi connectivity index (χ1n) is 8.73. The van der Waals surface area contributed by atoms with E-state index in [0.29, 0.717) is 6.54 Å². The van der Waals surface area contributed by atoms with Gasteiger partial charge in [0.15, 0.2) is 0 Å². The van der Waals surface area contributed by atoms with E-state index in [9.17, 15) is 4.79 Å². The SMILES string of the molecule is CCCCN(C)c1ccc(C(=O)NCCN2CCNCC2)cc1.Cl.Cl. The lowest BCUT2D eigenvalue weighted by atomic mass is 10.2. The van der Waals surface area contributed by atoms with Crippen molar-refractivity contribution in [1.82, 2.24) is 15.5 Å². The summed E-state index contributed by atoms with van der Waals surface area (Å²) >= 11 is 0. The van der Waals surface area contributed by atoms with Crippen LogP contribution in [0.3, 0.4) is 0 Å². The van der Waals surface area contributed by atoms with Crippen LogP contribution in [0.25, 0.3) is 0 Å². The van der Waals surface area contributed by atoms with E-state index >= 15 is 0 Å². The number of carbonyl (C=O) groups excluding carboxylic acids is 1. The largest absolute Gasteiger partial charge is 0.375 e. The summed E-state index contributed by atoms with van der Waals surface area (Å²) in [7, 11) is 2.10. The number of halogens is 2. The molecule has 7 heteroatoms. The second kappa shape index (κ2) is 13.2. The lowest BCUT2D eigenvalue weighted by Crippen LogP contribution is -2.46. The summed E-state index contributed by atoms with van der Waals surface area (Å²) in [6.07, 6.45) is 2.38. The van der Waals surface area contributed by atoms with Crippen molar-refractivity contribution in [2.24, 2.45) is 0 Å². The highest BCUT2D eigenvalue weighted by molar-refractivity contribution is 5.94. The molecule has 1 aliphatic rings. The van der Waals surface area contributed by atoms with Crippen LogP contribution in [0.4, 0.5) is 5.69 Å². The Labute approximate surface area is 164 Å². The highest BCUT2D eigenvalue weighted by atomic mass is 35.5. The average Bonchev–Trinajstić information content (AvgIpc) is 2.60. The van der Waals surface area contributed by atoms with Crippen LogP contribution in [0.2, 0.25) is 0 Å². The highest BCUT2D eigenvalue weighted by Gasteiger charge is 2.10. The van der Waals surface area contributed by atoms with Gasteiger partial charge < -0.3 is 15.5 Å². The normalized spacial score (nSPS) is 14.2. The number of nitrogens with one attached hydrogen (secondary N) is 2. The first-order valence-corrected chi connectivity index (χ1v) is 8.73. The van der Waals surface area contributed by atoms with Gasteiger partial charge in [-0.1, -0.05) is 13.3 Å². The van der Waals surface area contributed by atoms with Gasteiger partial charge in [-0.25, -0.2) is 0 Å². The maximum absolute atomic E-state index is 12.2. The molecule has 0 spiro atoms. The summed E-state index contributed by atoms with van der Waals surface area (Å²) in [6, 6.07) is 7.89. The number of carbonyl (C=O) groups is 1. The Kier molecular flexibility index (Phi) is 12.7. The fourth-order valence-electron chi connectivity index (χ4n) is 2.76. The van der Waals surface area contributed by atoms with Gasteiger partial charge in [-0.2, -0.15) is 0 Å². The Morgan fingerprint density at radius 3 is 2.44 bits per heavy atom. The van der Waals surface area contributed by atoms with E-state index in [2.05, 4.69) is 34.4 Å². The molecule has 1 aliphatic heterocycles. The predicted octanol–water partition coefficient (Wildman–Crippen LogP) is 2.40. The van der Waals surface area contributed by atoms with Gasteiger partial charge >= 0.3 is 0 Å². The number of unbranched alkanes of at least 4 members (excludes halogenated alkanes) is 1. The second-order valence-corrected chi connectivity index (χ2v) is 6.17. The molecule has 144 valence electrons. The van der Waals surface area contributed by atoms with Crippen molar-refractivity contribution in [3.8, 4) is 0 Å². The number of hydrogen-bond donors (Lipinski definition) is 2. The van der Waals surface area contributed by atoms with Crippen LogP contribution in [0.15, 0.2) is 24.3 Å². The van der Waals surface area contributed by atoms with Crippen molar-refractivity contribution in [3.63, 3.8) is 0 Å². The van der Waals surface area contributed by atoms with E-state index in [1.165, 1.54) is 12.8 Å². The summed E-state index contributed by atoms with van der Waals surface area (Å²) in [5, 5.41) is 6.35. The molecular weight excluding hydrogens is 359 g/mol. The summed E-state index contributed by atoms with van der Waals surface area (Å²) in [5.74, 6) is 0.0166. The van der Waals surface area contributed by atoms with Crippen LogP contribution < -0.4 is 15.5 Å². The van der Waals surface area contributed by atoms with Gasteiger partial charge in [0.2, 0.25) is 0 Å². The average molecular weight is 391 g/mol. The van der Waals surface area contributed by atoms with Crippen LogP contribution >= 0.6 is 24.8 Å². The smallest absolute Gasteiger partial charge is 0.251 e. The zero-order valence-corrected chi connectivity index (χ0v) is 16.9. The molecule has 1 fully saturated rings. The Balaban J connectivity index is 0.00000288. The highest BCUT2D eigenvalue weighted by Crippen LogP contribution is 2.14. The lowest BCUT2D eigenvalue weighted by Gasteiger charge is -2.27. The Hall–Kier alpha value is -1.01. The molecule has 0 unspecified atom stereocenters. The van der Waals surface area contributed by atoms with Gasteiger partial charge in [0.25, 0.3) is 5.91 Å². The van der Waals surface area contributed by atoms with Crippen molar-refractivity contribution in [2.45, 2.75) is 19.8 Å². The maximum atomic E-state index is 12.2. The van der Waals surface area contributed by atoms with E-state index in [1.807, 2.05) is 24.3 Å². The fourth-order valence-corrected chi connectivity index (χ4v) is 2.76. The molecule has 1 saturated heterocycles. The molecule has 25 heavy (non-hydrogen) atoms. The summed E-state index contributed by atoms with van der Waals surface area (Å²) in [5.41, 5.74) is 1.90.